The number of esters is 1. The molecule has 1 amide bonds. The highest BCUT2D eigenvalue weighted by Gasteiger charge is 2.46. The molecule has 1 aliphatic carbocycles. The second-order valence-corrected chi connectivity index (χ2v) is 12.0. The van der Waals surface area contributed by atoms with Gasteiger partial charge in [0.1, 0.15) is 17.1 Å². The van der Waals surface area contributed by atoms with Gasteiger partial charge in [-0.1, -0.05) is 18.2 Å². The van der Waals surface area contributed by atoms with Crippen LogP contribution in [0.25, 0.3) is 6.08 Å². The van der Waals surface area contributed by atoms with Gasteiger partial charge < -0.3 is 19.3 Å². The Hall–Kier alpha value is -3.28. The number of piperidine rings is 1. The van der Waals surface area contributed by atoms with E-state index in [2.05, 4.69) is 4.90 Å². The van der Waals surface area contributed by atoms with Crippen LogP contribution in [0, 0.1) is 11.7 Å². The van der Waals surface area contributed by atoms with Crippen molar-refractivity contribution in [2.45, 2.75) is 42.6 Å². The number of likely N-dealkylation sites (tertiary alicyclic amines) is 1. The molecule has 0 bridgehead atoms. The van der Waals surface area contributed by atoms with E-state index >= 15 is 0 Å². The number of amides is 1. The molecule has 3 atom stereocenters. The van der Waals surface area contributed by atoms with Crippen LogP contribution in [0.4, 0.5) is 14.9 Å². The third-order valence-electron chi connectivity index (χ3n) is 7.80. The molecule has 2 heterocycles. The molecule has 1 saturated carbocycles. The van der Waals surface area contributed by atoms with Gasteiger partial charge in [-0.2, -0.15) is 4.31 Å². The van der Waals surface area contributed by atoms with Gasteiger partial charge >= 0.3 is 12.1 Å². The van der Waals surface area contributed by atoms with Crippen LogP contribution in [0.5, 0.6) is 5.75 Å². The van der Waals surface area contributed by atoms with Crippen LogP contribution in [0.2, 0.25) is 0 Å². The predicted molar refractivity (Wildman–Crippen MR) is 147 cm³/mol. The van der Waals surface area contributed by atoms with E-state index in [4.69, 9.17) is 14.2 Å². The number of carbonyl (C=O) groups is 2. The Bertz CT molecular complexity index is 1370. The minimum Gasteiger partial charge on any atom is -0.492 e. The summed E-state index contributed by atoms with van der Waals surface area (Å²) in [7, 11) is 0.133. The van der Waals surface area contributed by atoms with E-state index in [0.29, 0.717) is 56.3 Å². The minimum absolute atomic E-state index is 0.00880. The molecule has 2 unspecified atom stereocenters. The van der Waals surface area contributed by atoms with Crippen LogP contribution in [-0.2, 0) is 20.5 Å². The average Bonchev–Trinajstić information content (AvgIpc) is 3.74. The predicted octanol–water partition coefficient (Wildman–Crippen LogP) is 4.26. The summed E-state index contributed by atoms with van der Waals surface area (Å²) in [5.74, 6) is -0.305. The fourth-order valence-electron chi connectivity index (χ4n) is 5.30. The number of carbonyl (C=O) groups excluding carboxylic acids is 2. The van der Waals surface area contributed by atoms with E-state index in [0.717, 1.165) is 29.5 Å². The second-order valence-electron chi connectivity index (χ2n) is 10.7. The van der Waals surface area contributed by atoms with Gasteiger partial charge in [0.25, 0.3) is 0 Å². The van der Waals surface area contributed by atoms with E-state index < -0.39 is 34.5 Å². The van der Waals surface area contributed by atoms with Crippen LogP contribution in [0.3, 0.4) is 0 Å². The summed E-state index contributed by atoms with van der Waals surface area (Å²) < 4.78 is 45.2. The van der Waals surface area contributed by atoms with Crippen molar-refractivity contribution in [3.8, 4) is 5.75 Å². The zero-order valence-corrected chi connectivity index (χ0v) is 23.5. The molecule has 11 heteroatoms. The first kappa shape index (κ1) is 28.3. The van der Waals surface area contributed by atoms with Gasteiger partial charge in [0.2, 0.25) is 0 Å². The molecule has 5 rings (SSSR count). The Balaban J connectivity index is 1.49. The van der Waals surface area contributed by atoms with Crippen molar-refractivity contribution in [3.05, 3.63) is 58.9 Å². The summed E-state index contributed by atoms with van der Waals surface area (Å²) in [5.41, 5.74) is 0.486. The molecule has 1 saturated heterocycles. The number of fused-ring (bicyclic) bond motifs is 3. The van der Waals surface area contributed by atoms with E-state index in [-0.39, 0.29) is 22.1 Å². The van der Waals surface area contributed by atoms with Crippen LogP contribution in [-0.4, -0.2) is 72.3 Å². The Morgan fingerprint density at radius 2 is 1.98 bits per heavy atom. The van der Waals surface area contributed by atoms with E-state index in [9.17, 15) is 23.3 Å². The molecule has 2 aromatic rings. The maximum Gasteiger partial charge on any atom is 0.426 e. The smallest absolute Gasteiger partial charge is 0.426 e. The number of nitrogens with zero attached hydrogens (tertiary/aromatic N) is 2. The van der Waals surface area contributed by atoms with E-state index in [1.54, 1.807) is 18.2 Å². The van der Waals surface area contributed by atoms with Gasteiger partial charge in [-0.15, -0.1) is 0 Å². The fraction of sp³-hybridized carbons (Fsp3) is 0.448. The van der Waals surface area contributed by atoms with Crippen molar-refractivity contribution in [1.29, 1.82) is 0 Å². The number of hydrogen-bond donors (Lipinski definition) is 1. The highest BCUT2D eigenvalue weighted by Crippen LogP contribution is 2.55. The van der Waals surface area contributed by atoms with Crippen molar-refractivity contribution >= 4 is 34.8 Å². The molecule has 0 radical (unpaired) electrons. The Kier molecular flexibility index (Phi) is 7.98. The van der Waals surface area contributed by atoms with Crippen molar-refractivity contribution in [1.82, 2.24) is 4.90 Å². The topological polar surface area (TPSA) is 106 Å². The monoisotopic (exact) mass is 572 g/mol. The van der Waals surface area contributed by atoms with Gasteiger partial charge in [-0.3, -0.25) is 4.90 Å². The third kappa shape index (κ3) is 5.63. The van der Waals surface area contributed by atoms with E-state index in [1.165, 1.54) is 19.2 Å². The second kappa shape index (κ2) is 11.3. The van der Waals surface area contributed by atoms with Gasteiger partial charge in [-0.05, 0) is 67.5 Å². The van der Waals surface area contributed by atoms with Gasteiger partial charge in [-0.25, -0.2) is 18.2 Å². The van der Waals surface area contributed by atoms with Crippen LogP contribution < -0.4 is 9.04 Å². The van der Waals surface area contributed by atoms with Gasteiger partial charge in [0.15, 0.2) is 11.0 Å². The van der Waals surface area contributed by atoms with E-state index in [1.807, 2.05) is 13.0 Å². The Morgan fingerprint density at radius 1 is 1.23 bits per heavy atom. The number of halogens is 1. The fourth-order valence-corrected chi connectivity index (χ4v) is 6.55. The zero-order valence-electron chi connectivity index (χ0n) is 22.7. The molecular weight excluding hydrogens is 539 g/mol. The highest BCUT2D eigenvalue weighted by atomic mass is 32.2. The number of benzene rings is 2. The quantitative estimate of drug-likeness (QED) is 0.491. The molecule has 1 N–H and O–H groups in total. The van der Waals surface area contributed by atoms with Gasteiger partial charge in [0, 0.05) is 25.6 Å². The molecule has 3 aliphatic rings. The Morgan fingerprint density at radius 3 is 2.67 bits per heavy atom. The summed E-state index contributed by atoms with van der Waals surface area (Å²) in [4.78, 5) is 28.4. The first-order chi connectivity index (χ1) is 19.1. The lowest BCUT2D eigenvalue weighted by Gasteiger charge is -2.35. The maximum absolute atomic E-state index is 14.3. The number of methoxy groups -OCH3 is 2. The number of rotatable bonds is 7. The van der Waals surface area contributed by atoms with Gasteiger partial charge in [0.05, 0.1) is 37.0 Å². The summed E-state index contributed by atoms with van der Waals surface area (Å²) >= 11 is 0. The molecule has 214 valence electrons. The number of hydrogen-bond acceptors (Lipinski definition) is 8. The van der Waals surface area contributed by atoms with Crippen molar-refractivity contribution in [2.24, 2.45) is 5.92 Å². The lowest BCUT2D eigenvalue weighted by atomic mass is 9.94. The minimum atomic E-state index is -2.24. The molecule has 2 aliphatic heterocycles. The van der Waals surface area contributed by atoms with Crippen molar-refractivity contribution in [3.63, 3.8) is 0 Å². The number of anilines is 1. The molecule has 0 spiro atoms. The highest BCUT2D eigenvalue weighted by molar-refractivity contribution is 7.87. The van der Waals surface area contributed by atoms with Crippen LogP contribution >= 0.6 is 0 Å². The molecule has 40 heavy (non-hydrogen) atoms. The summed E-state index contributed by atoms with van der Waals surface area (Å²) in [6, 6.07) is 7.08. The first-order valence-corrected chi connectivity index (χ1v) is 14.3. The lowest BCUT2D eigenvalue weighted by Crippen LogP contribution is -2.42. The normalized spacial score (nSPS) is 22.0. The number of ether oxygens (including phenoxy) is 3. The Labute approximate surface area is 235 Å². The average molecular weight is 573 g/mol. The van der Waals surface area contributed by atoms with Crippen LogP contribution in [0.1, 0.15) is 53.6 Å². The summed E-state index contributed by atoms with van der Waals surface area (Å²) in [6.07, 6.45) is 4.77. The third-order valence-corrected chi connectivity index (χ3v) is 9.22. The maximum atomic E-state index is 14.3. The molecule has 0 aromatic heterocycles. The summed E-state index contributed by atoms with van der Waals surface area (Å²) in [5, 5.41) is 10.2. The molecular formula is C29H33FN2O7S. The zero-order chi connectivity index (χ0) is 28.6. The van der Waals surface area contributed by atoms with Crippen LogP contribution in [0.15, 0.2) is 41.3 Å². The largest absolute Gasteiger partial charge is 0.492 e. The number of aliphatic hydroxyl groups is 1. The lowest BCUT2D eigenvalue weighted by molar-refractivity contribution is -0.00242. The summed E-state index contributed by atoms with van der Waals surface area (Å²) in [6.45, 7) is 4.25. The molecule has 2 fully saturated rings. The molecule has 2 aromatic carbocycles. The van der Waals surface area contributed by atoms with Crippen molar-refractivity contribution in [2.75, 3.05) is 44.8 Å². The van der Waals surface area contributed by atoms with Crippen molar-refractivity contribution < 1.29 is 37.5 Å². The standard InChI is InChI=1S/C29H33FN2O7S/c1-29(35)10-13-31(14-11-29)12-4-5-18-15-20(30)6-9-24(18)40(36)32(28(34)38-3)23-8-7-21-22-16-19(22)17-39-26(21)25(23)27(33)37-2/h4-9,15,19,22,35H,10-14,16-17H2,1-3H3/b5-4-/t19-,22?,40?/m1/s1. The first-order valence-electron chi connectivity index (χ1n) is 13.2. The SMILES string of the molecule is COC(=O)c1c(N(C(=O)OC)S(=O)c2ccc(F)cc2/C=C\CN2CCC(C)(O)CC2)ccc2c1OC[C@H]1CC21. The molecule has 9 nitrogen and oxygen atoms in total.